The number of nitro benzene ring substituents is 1. The normalized spacial score (nSPS) is 14.1. The van der Waals surface area contributed by atoms with Crippen LogP contribution in [0.5, 0.6) is 0 Å². The van der Waals surface area contributed by atoms with E-state index in [2.05, 4.69) is 0 Å². The number of hydrazine groups is 1. The lowest BCUT2D eigenvalue weighted by Gasteiger charge is -2.37. The van der Waals surface area contributed by atoms with Gasteiger partial charge >= 0.3 is 0 Å². The number of morpholine rings is 1. The molecule has 0 N–H and O–H groups in total. The SMILES string of the molecule is CCN(C(=O)c1c(-c2ccc(C)c([N+](=O)[O-])c2)cc(-c2ccccc2)nc1C)N1CCOCC1. The Labute approximate surface area is 198 Å². The van der Waals surface area contributed by atoms with Crippen molar-refractivity contribution in [1.82, 2.24) is 15.0 Å². The van der Waals surface area contributed by atoms with E-state index in [1.807, 2.05) is 61.3 Å². The van der Waals surface area contributed by atoms with Crippen molar-refractivity contribution < 1.29 is 14.5 Å². The monoisotopic (exact) mass is 460 g/mol. The van der Waals surface area contributed by atoms with Gasteiger partial charge in [0, 0.05) is 36.8 Å². The molecule has 8 nitrogen and oxygen atoms in total. The van der Waals surface area contributed by atoms with Gasteiger partial charge in [-0.15, -0.1) is 0 Å². The predicted octanol–water partition coefficient (Wildman–Crippen LogP) is 4.65. The number of carbonyl (C=O) groups is 1. The summed E-state index contributed by atoms with van der Waals surface area (Å²) in [6.45, 7) is 8.32. The number of nitrogens with zero attached hydrogens (tertiary/aromatic N) is 4. The van der Waals surface area contributed by atoms with Crippen molar-refractivity contribution in [2.45, 2.75) is 20.8 Å². The summed E-state index contributed by atoms with van der Waals surface area (Å²) in [6.07, 6.45) is 0. The number of pyridine rings is 1. The number of hydrogen-bond acceptors (Lipinski definition) is 6. The van der Waals surface area contributed by atoms with Crippen LogP contribution < -0.4 is 0 Å². The van der Waals surface area contributed by atoms with Gasteiger partial charge in [0.15, 0.2) is 0 Å². The maximum absolute atomic E-state index is 13.9. The van der Waals surface area contributed by atoms with E-state index >= 15 is 0 Å². The second kappa shape index (κ2) is 10.1. The smallest absolute Gasteiger partial charge is 0.272 e. The van der Waals surface area contributed by atoms with Crippen LogP contribution in [0.2, 0.25) is 0 Å². The molecule has 1 aliphatic rings. The van der Waals surface area contributed by atoms with Crippen molar-refractivity contribution in [3.05, 3.63) is 81.5 Å². The Morgan fingerprint density at radius 1 is 1.09 bits per heavy atom. The molecule has 1 aliphatic heterocycles. The van der Waals surface area contributed by atoms with Gasteiger partial charge in [-0.05, 0) is 38.0 Å². The molecule has 0 aliphatic carbocycles. The number of hydrogen-bond donors (Lipinski definition) is 0. The minimum Gasteiger partial charge on any atom is -0.379 e. The first-order valence-corrected chi connectivity index (χ1v) is 11.4. The van der Waals surface area contributed by atoms with Gasteiger partial charge in [-0.3, -0.25) is 24.9 Å². The summed E-state index contributed by atoms with van der Waals surface area (Å²) in [4.78, 5) is 29.9. The van der Waals surface area contributed by atoms with Crippen LogP contribution in [0.4, 0.5) is 5.69 Å². The third kappa shape index (κ3) is 4.69. The van der Waals surface area contributed by atoms with Gasteiger partial charge in [0.1, 0.15) is 0 Å². The highest BCUT2D eigenvalue weighted by Crippen LogP contribution is 2.34. The molecule has 1 amide bonds. The molecule has 3 aromatic rings. The highest BCUT2D eigenvalue weighted by atomic mass is 16.6. The molecule has 4 rings (SSSR count). The first-order valence-electron chi connectivity index (χ1n) is 11.4. The summed E-state index contributed by atoms with van der Waals surface area (Å²) in [5, 5.41) is 15.4. The number of aromatic nitrogens is 1. The molecule has 1 aromatic heterocycles. The Balaban J connectivity index is 1.89. The van der Waals surface area contributed by atoms with E-state index in [9.17, 15) is 14.9 Å². The van der Waals surface area contributed by atoms with Gasteiger partial charge in [0.2, 0.25) is 0 Å². The number of nitro groups is 1. The van der Waals surface area contributed by atoms with E-state index < -0.39 is 4.92 Å². The highest BCUT2D eigenvalue weighted by Gasteiger charge is 2.28. The van der Waals surface area contributed by atoms with Crippen LogP contribution in [0.3, 0.4) is 0 Å². The van der Waals surface area contributed by atoms with Crippen molar-refractivity contribution in [2.24, 2.45) is 0 Å². The van der Waals surface area contributed by atoms with E-state index in [1.54, 1.807) is 24.1 Å². The Bertz CT molecular complexity index is 1210. The third-order valence-electron chi connectivity index (χ3n) is 6.06. The Hall–Kier alpha value is -3.62. The van der Waals surface area contributed by atoms with E-state index in [0.29, 0.717) is 66.5 Å². The molecular weight excluding hydrogens is 432 g/mol. The molecule has 0 bridgehead atoms. The number of aryl methyl sites for hydroxylation is 2. The van der Waals surface area contributed by atoms with E-state index in [0.717, 1.165) is 5.56 Å². The summed E-state index contributed by atoms with van der Waals surface area (Å²) in [7, 11) is 0. The van der Waals surface area contributed by atoms with Crippen LogP contribution in [-0.4, -0.2) is 58.7 Å². The van der Waals surface area contributed by atoms with Gasteiger partial charge < -0.3 is 4.74 Å². The summed E-state index contributed by atoms with van der Waals surface area (Å²) in [5.74, 6) is -0.174. The summed E-state index contributed by atoms with van der Waals surface area (Å²) < 4.78 is 5.45. The quantitative estimate of drug-likeness (QED) is 0.393. The highest BCUT2D eigenvalue weighted by molar-refractivity contribution is 6.02. The number of carbonyl (C=O) groups excluding carboxylic acids is 1. The summed E-state index contributed by atoms with van der Waals surface area (Å²) in [6, 6.07) is 16.6. The number of ether oxygens (including phenoxy) is 1. The zero-order valence-corrected chi connectivity index (χ0v) is 19.7. The minimum atomic E-state index is -0.390. The lowest BCUT2D eigenvalue weighted by atomic mass is 9.94. The molecule has 1 fully saturated rings. The average molecular weight is 461 g/mol. The third-order valence-corrected chi connectivity index (χ3v) is 6.06. The lowest BCUT2D eigenvalue weighted by Crippen LogP contribution is -2.51. The zero-order chi connectivity index (χ0) is 24.2. The molecule has 1 saturated heterocycles. The summed E-state index contributed by atoms with van der Waals surface area (Å²) >= 11 is 0. The molecule has 0 atom stereocenters. The van der Waals surface area contributed by atoms with Crippen LogP contribution in [0, 0.1) is 24.0 Å². The van der Waals surface area contributed by atoms with E-state index in [1.165, 1.54) is 0 Å². The predicted molar refractivity (Wildman–Crippen MR) is 130 cm³/mol. The van der Waals surface area contributed by atoms with Gasteiger partial charge in [0.25, 0.3) is 11.6 Å². The number of amides is 1. The minimum absolute atomic E-state index is 0.0205. The first-order chi connectivity index (χ1) is 16.4. The molecule has 2 aromatic carbocycles. The molecule has 0 radical (unpaired) electrons. The van der Waals surface area contributed by atoms with Crippen molar-refractivity contribution in [3.63, 3.8) is 0 Å². The van der Waals surface area contributed by atoms with E-state index in [4.69, 9.17) is 9.72 Å². The van der Waals surface area contributed by atoms with Crippen molar-refractivity contribution >= 4 is 11.6 Å². The maximum atomic E-state index is 13.9. The molecule has 34 heavy (non-hydrogen) atoms. The first kappa shape index (κ1) is 23.5. The molecule has 2 heterocycles. The average Bonchev–Trinajstić information content (AvgIpc) is 2.85. The molecular formula is C26H28N4O4. The largest absolute Gasteiger partial charge is 0.379 e. The zero-order valence-electron chi connectivity index (χ0n) is 19.7. The van der Waals surface area contributed by atoms with Crippen LogP contribution in [0.25, 0.3) is 22.4 Å². The van der Waals surface area contributed by atoms with Crippen molar-refractivity contribution in [1.29, 1.82) is 0 Å². The second-order valence-electron chi connectivity index (χ2n) is 8.23. The molecule has 0 spiro atoms. The van der Waals surface area contributed by atoms with E-state index in [-0.39, 0.29) is 11.6 Å². The van der Waals surface area contributed by atoms with Crippen LogP contribution in [-0.2, 0) is 4.74 Å². The Morgan fingerprint density at radius 2 is 1.79 bits per heavy atom. The fraction of sp³-hybridized carbons (Fsp3) is 0.308. The van der Waals surface area contributed by atoms with Gasteiger partial charge in [-0.25, -0.2) is 5.01 Å². The second-order valence-corrected chi connectivity index (χ2v) is 8.23. The molecule has 176 valence electrons. The molecule has 0 saturated carbocycles. The fourth-order valence-corrected chi connectivity index (χ4v) is 4.30. The number of benzene rings is 2. The van der Waals surface area contributed by atoms with Gasteiger partial charge in [0.05, 0.1) is 35.1 Å². The van der Waals surface area contributed by atoms with Gasteiger partial charge in [-0.1, -0.05) is 42.5 Å². The molecule has 0 unspecified atom stereocenters. The Kier molecular flexibility index (Phi) is 7.00. The number of rotatable bonds is 6. The molecule has 8 heteroatoms. The van der Waals surface area contributed by atoms with Gasteiger partial charge in [-0.2, -0.15) is 0 Å². The van der Waals surface area contributed by atoms with Crippen LogP contribution >= 0.6 is 0 Å². The van der Waals surface area contributed by atoms with Crippen LogP contribution in [0.1, 0.15) is 28.5 Å². The van der Waals surface area contributed by atoms with Crippen molar-refractivity contribution in [3.8, 4) is 22.4 Å². The standard InChI is InChI=1S/C26H28N4O4/c1-4-29(28-12-14-34-15-13-28)26(31)25-19(3)27-23(20-8-6-5-7-9-20)17-22(25)21-11-10-18(2)24(16-21)30(32)33/h5-11,16-17H,4,12-15H2,1-3H3. The topological polar surface area (TPSA) is 88.8 Å². The fourth-order valence-electron chi connectivity index (χ4n) is 4.30. The van der Waals surface area contributed by atoms with Crippen molar-refractivity contribution in [2.75, 3.05) is 32.8 Å². The maximum Gasteiger partial charge on any atom is 0.272 e. The summed E-state index contributed by atoms with van der Waals surface area (Å²) in [5.41, 5.74) is 4.48. The Morgan fingerprint density at radius 3 is 2.44 bits per heavy atom. The van der Waals surface area contributed by atoms with Crippen LogP contribution in [0.15, 0.2) is 54.6 Å². The lowest BCUT2D eigenvalue weighted by molar-refractivity contribution is -0.385.